The lowest BCUT2D eigenvalue weighted by molar-refractivity contribution is -0.139. The average molecular weight is 528 g/mol. The first-order valence-corrected chi connectivity index (χ1v) is 12.6. The number of hydrogen-bond donors (Lipinski definition) is 2. The van der Waals surface area contributed by atoms with Crippen LogP contribution in [0.5, 0.6) is 0 Å². The summed E-state index contributed by atoms with van der Waals surface area (Å²) in [6.45, 7) is 5.39. The van der Waals surface area contributed by atoms with Crippen LogP contribution < -0.4 is 5.32 Å². The molecule has 0 spiro atoms. The van der Waals surface area contributed by atoms with Gasteiger partial charge in [0.2, 0.25) is 0 Å². The summed E-state index contributed by atoms with van der Waals surface area (Å²) in [5.74, 6) is -1.32. The Kier molecular flexibility index (Phi) is 6.82. The Labute approximate surface area is 225 Å². The number of carbonyl (C=O) groups is 3. The highest BCUT2D eigenvalue weighted by atomic mass is 16.6. The Balaban J connectivity index is 1.25. The van der Waals surface area contributed by atoms with E-state index in [1.165, 1.54) is 6.20 Å². The lowest BCUT2D eigenvalue weighted by Crippen LogP contribution is -2.42. The Morgan fingerprint density at radius 1 is 1.00 bits per heavy atom. The van der Waals surface area contributed by atoms with Crippen LogP contribution in [-0.4, -0.2) is 51.3 Å². The van der Waals surface area contributed by atoms with Crippen molar-refractivity contribution < 1.29 is 29.0 Å². The summed E-state index contributed by atoms with van der Waals surface area (Å²) in [6, 6.07) is 19.9. The van der Waals surface area contributed by atoms with Crippen molar-refractivity contribution in [1.82, 2.24) is 15.1 Å². The van der Waals surface area contributed by atoms with Crippen LogP contribution in [-0.2, 0) is 20.7 Å². The molecule has 1 heterocycles. The normalized spacial score (nSPS) is 13.4. The number of fused-ring (bicyclic) bond motifs is 4. The number of ether oxygens (including phenoxy) is 2. The summed E-state index contributed by atoms with van der Waals surface area (Å²) in [7, 11) is 0. The van der Waals surface area contributed by atoms with Crippen LogP contribution in [0.2, 0.25) is 0 Å². The number of nitrogens with zero attached hydrogens (tertiary/aromatic N) is 2. The number of benzene rings is 3. The van der Waals surface area contributed by atoms with Gasteiger partial charge < -0.3 is 19.9 Å². The summed E-state index contributed by atoms with van der Waals surface area (Å²) in [5, 5.41) is 17.0. The zero-order valence-corrected chi connectivity index (χ0v) is 21.9. The lowest BCUT2D eigenvalue weighted by Gasteiger charge is -2.19. The van der Waals surface area contributed by atoms with Crippen molar-refractivity contribution in [2.45, 2.75) is 44.8 Å². The topological polar surface area (TPSA) is 120 Å². The molecule has 3 aromatic carbocycles. The number of amides is 1. The van der Waals surface area contributed by atoms with E-state index in [1.54, 1.807) is 39.0 Å². The maximum absolute atomic E-state index is 12.7. The van der Waals surface area contributed by atoms with Crippen molar-refractivity contribution >= 4 is 29.1 Å². The number of aliphatic carboxylic acids is 1. The molecule has 9 nitrogen and oxygen atoms in total. The van der Waals surface area contributed by atoms with Crippen LogP contribution in [0.25, 0.3) is 22.0 Å². The molecule has 39 heavy (non-hydrogen) atoms. The number of aromatic nitrogens is 2. The van der Waals surface area contributed by atoms with Crippen molar-refractivity contribution in [3.05, 3.63) is 89.6 Å². The van der Waals surface area contributed by atoms with Gasteiger partial charge in [-0.2, -0.15) is 9.78 Å². The molecule has 1 atom stereocenters. The molecule has 0 radical (unpaired) electrons. The summed E-state index contributed by atoms with van der Waals surface area (Å²) >= 11 is 0. The number of hydrogen-bond acceptors (Lipinski definition) is 6. The number of carbonyl (C=O) groups excluding carboxylic acids is 2. The summed E-state index contributed by atoms with van der Waals surface area (Å²) < 4.78 is 12.1. The fourth-order valence-electron chi connectivity index (χ4n) is 4.88. The van der Waals surface area contributed by atoms with E-state index in [0.29, 0.717) is 16.5 Å². The van der Waals surface area contributed by atoms with Crippen LogP contribution >= 0.6 is 0 Å². The Bertz CT molecular complexity index is 1520. The van der Waals surface area contributed by atoms with E-state index in [-0.39, 0.29) is 18.9 Å². The molecule has 0 bridgehead atoms. The van der Waals surface area contributed by atoms with Gasteiger partial charge >= 0.3 is 18.2 Å². The van der Waals surface area contributed by atoms with Gasteiger partial charge in [-0.3, -0.25) is 0 Å². The molecule has 1 aliphatic rings. The van der Waals surface area contributed by atoms with Crippen LogP contribution in [0, 0.1) is 0 Å². The highest BCUT2D eigenvalue weighted by molar-refractivity contribution is 5.88. The molecular weight excluding hydrogens is 498 g/mol. The molecule has 0 saturated carbocycles. The molecule has 0 unspecified atom stereocenters. The van der Waals surface area contributed by atoms with Gasteiger partial charge in [0.1, 0.15) is 18.2 Å². The van der Waals surface area contributed by atoms with Crippen molar-refractivity contribution in [3.8, 4) is 11.1 Å². The second-order valence-electron chi connectivity index (χ2n) is 10.5. The second kappa shape index (κ2) is 10.2. The van der Waals surface area contributed by atoms with Gasteiger partial charge in [-0.1, -0.05) is 54.6 Å². The third kappa shape index (κ3) is 5.47. The lowest BCUT2D eigenvalue weighted by atomic mass is 9.98. The molecule has 0 aliphatic heterocycles. The van der Waals surface area contributed by atoms with Gasteiger partial charge in [-0.15, -0.1) is 0 Å². The Hall–Kier alpha value is -4.66. The van der Waals surface area contributed by atoms with Crippen LogP contribution in [0.4, 0.5) is 9.59 Å². The zero-order chi connectivity index (χ0) is 27.7. The number of nitrogens with one attached hydrogen (secondary N) is 1. The van der Waals surface area contributed by atoms with Gasteiger partial charge in [-0.25, -0.2) is 14.4 Å². The third-order valence-corrected chi connectivity index (χ3v) is 6.57. The van der Waals surface area contributed by atoms with Gasteiger partial charge in [0.25, 0.3) is 0 Å². The van der Waals surface area contributed by atoms with E-state index in [2.05, 4.69) is 10.4 Å². The predicted octanol–water partition coefficient (Wildman–Crippen LogP) is 5.35. The molecule has 9 heteroatoms. The van der Waals surface area contributed by atoms with Crippen LogP contribution in [0.3, 0.4) is 0 Å². The van der Waals surface area contributed by atoms with E-state index >= 15 is 0 Å². The Morgan fingerprint density at radius 3 is 2.26 bits per heavy atom. The predicted molar refractivity (Wildman–Crippen MR) is 145 cm³/mol. The summed E-state index contributed by atoms with van der Waals surface area (Å²) in [4.78, 5) is 37.1. The molecule has 2 N–H and O–H groups in total. The first kappa shape index (κ1) is 26.0. The molecule has 4 aromatic rings. The maximum atomic E-state index is 12.7. The van der Waals surface area contributed by atoms with E-state index in [9.17, 15) is 19.5 Å². The van der Waals surface area contributed by atoms with Crippen molar-refractivity contribution in [2.24, 2.45) is 0 Å². The monoisotopic (exact) mass is 527 g/mol. The van der Waals surface area contributed by atoms with Gasteiger partial charge in [0, 0.05) is 17.7 Å². The summed E-state index contributed by atoms with van der Waals surface area (Å²) in [6.07, 6.45) is 0.124. The molecule has 1 aromatic heterocycles. The van der Waals surface area contributed by atoms with Crippen molar-refractivity contribution in [1.29, 1.82) is 0 Å². The molecule has 0 saturated heterocycles. The number of carboxylic acids is 1. The van der Waals surface area contributed by atoms with Crippen molar-refractivity contribution in [2.75, 3.05) is 6.61 Å². The standard InChI is InChI=1S/C30H29N3O6/c1-30(2,3)39-29(37)33-26-13-12-18(14-19(26)16-31-33)15-25(27(34)35)32-28(36)38-17-24-22-10-6-4-8-20(22)21-9-5-7-11-23(21)24/h4-14,16,24-25H,15,17H2,1-3H3,(H,32,36)(H,34,35)/t25-/m0/s1. The minimum absolute atomic E-state index is 0.0209. The van der Waals surface area contributed by atoms with Gasteiger partial charge in [0.05, 0.1) is 11.7 Å². The molecule has 0 fully saturated rings. The fraction of sp³-hybridized carbons (Fsp3) is 0.267. The highest BCUT2D eigenvalue weighted by Gasteiger charge is 2.30. The number of alkyl carbamates (subject to hydrolysis) is 1. The van der Waals surface area contributed by atoms with Crippen LogP contribution in [0.15, 0.2) is 72.9 Å². The fourth-order valence-corrected chi connectivity index (χ4v) is 4.88. The smallest absolute Gasteiger partial charge is 0.435 e. The van der Waals surface area contributed by atoms with Crippen molar-refractivity contribution in [3.63, 3.8) is 0 Å². The number of rotatable bonds is 6. The third-order valence-electron chi connectivity index (χ3n) is 6.57. The number of carboxylic acid groups (broad SMARTS) is 1. The quantitative estimate of drug-likeness (QED) is 0.347. The first-order valence-electron chi connectivity index (χ1n) is 12.6. The minimum atomic E-state index is -1.21. The molecule has 5 rings (SSSR count). The van der Waals surface area contributed by atoms with E-state index in [4.69, 9.17) is 9.47 Å². The first-order chi connectivity index (χ1) is 18.6. The van der Waals surface area contributed by atoms with E-state index in [0.717, 1.165) is 26.9 Å². The summed E-state index contributed by atoms with van der Waals surface area (Å²) in [5.41, 5.74) is 4.87. The van der Waals surface area contributed by atoms with Crippen LogP contribution in [0.1, 0.15) is 43.4 Å². The van der Waals surface area contributed by atoms with Gasteiger partial charge in [-0.05, 0) is 60.7 Å². The second-order valence-corrected chi connectivity index (χ2v) is 10.5. The minimum Gasteiger partial charge on any atom is -0.480 e. The molecular formula is C30H29N3O6. The molecule has 1 aliphatic carbocycles. The average Bonchev–Trinajstić information content (AvgIpc) is 3.45. The SMILES string of the molecule is CC(C)(C)OC(=O)n1ncc2cc(C[C@H](NC(=O)OCC3c4ccccc4-c4ccccc43)C(=O)O)ccc21. The zero-order valence-electron chi connectivity index (χ0n) is 21.9. The van der Waals surface area contributed by atoms with Gasteiger partial charge in [0.15, 0.2) is 0 Å². The van der Waals surface area contributed by atoms with E-state index in [1.807, 2.05) is 48.5 Å². The molecule has 1 amide bonds. The highest BCUT2D eigenvalue weighted by Crippen LogP contribution is 2.44. The maximum Gasteiger partial charge on any atom is 0.435 e. The molecule has 200 valence electrons. The largest absolute Gasteiger partial charge is 0.480 e. The Morgan fingerprint density at radius 2 is 1.64 bits per heavy atom. The van der Waals surface area contributed by atoms with E-state index < -0.39 is 29.8 Å².